The fourth-order valence-electron chi connectivity index (χ4n) is 2.08. The molecule has 0 amide bonds. The molecule has 1 saturated heterocycles. The Kier molecular flexibility index (Phi) is 9.39. The molecule has 108 valence electrons. The first-order valence-electron chi connectivity index (χ1n) is 6.28. The van der Waals surface area contributed by atoms with Crippen molar-refractivity contribution in [2.75, 3.05) is 33.3 Å². The summed E-state index contributed by atoms with van der Waals surface area (Å²) >= 11 is 0. The number of rotatable bonds is 3. The number of terminal acetylenes is 1. The van der Waals surface area contributed by atoms with E-state index < -0.39 is 0 Å². The summed E-state index contributed by atoms with van der Waals surface area (Å²) in [4.78, 5) is 18.0. The van der Waals surface area contributed by atoms with E-state index in [9.17, 15) is 4.79 Å². The van der Waals surface area contributed by atoms with Gasteiger partial charge in [0.15, 0.2) is 5.96 Å². The minimum absolute atomic E-state index is 0. The molecule has 0 spiro atoms. The van der Waals surface area contributed by atoms with Crippen LogP contribution in [0.25, 0.3) is 0 Å². The summed E-state index contributed by atoms with van der Waals surface area (Å²) in [5.74, 6) is 3.08. The second-order valence-corrected chi connectivity index (χ2v) is 4.14. The number of hydrogen-bond acceptors (Lipinski definition) is 3. The van der Waals surface area contributed by atoms with Gasteiger partial charge in [-0.05, 0) is 19.8 Å². The Balaban J connectivity index is 0.00000324. The monoisotopic (exact) mass is 379 g/mol. The van der Waals surface area contributed by atoms with E-state index >= 15 is 0 Å². The van der Waals surface area contributed by atoms with Gasteiger partial charge in [-0.15, -0.1) is 30.4 Å². The van der Waals surface area contributed by atoms with Gasteiger partial charge < -0.3 is 15.0 Å². The van der Waals surface area contributed by atoms with E-state index in [2.05, 4.69) is 21.1 Å². The van der Waals surface area contributed by atoms with E-state index in [0.29, 0.717) is 19.7 Å². The van der Waals surface area contributed by atoms with Gasteiger partial charge in [-0.1, -0.05) is 5.92 Å². The van der Waals surface area contributed by atoms with Crippen LogP contribution in [0.1, 0.15) is 19.8 Å². The molecular formula is C13H22IN3O2. The third-order valence-electron chi connectivity index (χ3n) is 2.90. The van der Waals surface area contributed by atoms with Gasteiger partial charge in [-0.25, -0.2) is 0 Å². The number of piperidine rings is 1. The molecule has 1 aliphatic heterocycles. The van der Waals surface area contributed by atoms with Crippen LogP contribution in [0.3, 0.4) is 0 Å². The van der Waals surface area contributed by atoms with E-state index in [1.807, 2.05) is 6.92 Å². The van der Waals surface area contributed by atoms with Crippen molar-refractivity contribution in [1.82, 2.24) is 10.2 Å². The molecule has 0 radical (unpaired) electrons. The van der Waals surface area contributed by atoms with E-state index in [1.54, 1.807) is 7.05 Å². The van der Waals surface area contributed by atoms with Gasteiger partial charge in [0.25, 0.3) is 0 Å². The molecule has 0 aromatic rings. The molecule has 0 bridgehead atoms. The van der Waals surface area contributed by atoms with Crippen LogP contribution in [0, 0.1) is 18.3 Å². The Morgan fingerprint density at radius 3 is 2.95 bits per heavy atom. The summed E-state index contributed by atoms with van der Waals surface area (Å²) in [6.07, 6.45) is 7.05. The quantitative estimate of drug-likeness (QED) is 0.262. The van der Waals surface area contributed by atoms with Gasteiger partial charge in [0, 0.05) is 20.1 Å². The first kappa shape index (κ1) is 18.0. The lowest BCUT2D eigenvalue weighted by molar-refractivity contribution is -0.149. The minimum atomic E-state index is -0.116. The molecule has 5 nitrogen and oxygen atoms in total. The summed E-state index contributed by atoms with van der Waals surface area (Å²) < 4.78 is 5.07. The highest BCUT2D eigenvalue weighted by atomic mass is 127. The van der Waals surface area contributed by atoms with Crippen LogP contribution >= 0.6 is 24.0 Å². The van der Waals surface area contributed by atoms with Crippen LogP contribution < -0.4 is 5.32 Å². The van der Waals surface area contributed by atoms with Crippen molar-refractivity contribution in [3.05, 3.63) is 0 Å². The molecule has 1 N–H and O–H groups in total. The van der Waals surface area contributed by atoms with Gasteiger partial charge in [-0.3, -0.25) is 9.79 Å². The fourth-order valence-corrected chi connectivity index (χ4v) is 2.08. The molecule has 1 atom stereocenters. The lowest BCUT2D eigenvalue weighted by atomic mass is 9.98. The standard InChI is InChI=1S/C13H21N3O2.HI/c1-4-8-15-13(14-3)16-9-6-7-11(10-16)12(17)18-5-2;/h1,11H,5-10H2,2-3H3,(H,14,15);1H. The SMILES string of the molecule is C#CCNC(=NC)N1CCCC(C(=O)OCC)C1.I. The van der Waals surface area contributed by atoms with Crippen molar-refractivity contribution in [2.24, 2.45) is 10.9 Å². The number of nitrogens with zero attached hydrogens (tertiary/aromatic N) is 2. The highest BCUT2D eigenvalue weighted by molar-refractivity contribution is 14.0. The van der Waals surface area contributed by atoms with Crippen LogP contribution in [-0.2, 0) is 9.53 Å². The Bertz CT molecular complexity index is 352. The predicted molar refractivity (Wildman–Crippen MR) is 86.5 cm³/mol. The van der Waals surface area contributed by atoms with Crippen molar-refractivity contribution in [3.8, 4) is 12.3 Å². The summed E-state index contributed by atoms with van der Waals surface area (Å²) in [5, 5.41) is 3.07. The molecule has 1 heterocycles. The number of carbonyl (C=O) groups is 1. The molecule has 0 saturated carbocycles. The van der Waals surface area contributed by atoms with Crippen molar-refractivity contribution in [1.29, 1.82) is 0 Å². The molecule has 1 rings (SSSR count). The molecule has 0 aromatic heterocycles. The minimum Gasteiger partial charge on any atom is -0.466 e. The molecule has 6 heteroatoms. The largest absolute Gasteiger partial charge is 0.466 e. The smallest absolute Gasteiger partial charge is 0.310 e. The topological polar surface area (TPSA) is 53.9 Å². The average molecular weight is 379 g/mol. The highest BCUT2D eigenvalue weighted by Gasteiger charge is 2.28. The first-order valence-corrected chi connectivity index (χ1v) is 6.28. The third kappa shape index (κ3) is 5.68. The Morgan fingerprint density at radius 1 is 1.63 bits per heavy atom. The van der Waals surface area contributed by atoms with E-state index in [4.69, 9.17) is 11.2 Å². The molecule has 19 heavy (non-hydrogen) atoms. The molecule has 0 aromatic carbocycles. The normalized spacial score (nSPS) is 19.1. The lowest BCUT2D eigenvalue weighted by Gasteiger charge is -2.33. The Hall–Kier alpha value is -0.970. The van der Waals surface area contributed by atoms with E-state index in [1.165, 1.54) is 0 Å². The summed E-state index contributed by atoms with van der Waals surface area (Å²) in [6.45, 7) is 4.22. The maximum atomic E-state index is 11.7. The highest BCUT2D eigenvalue weighted by Crippen LogP contribution is 2.17. The van der Waals surface area contributed by atoms with Crippen molar-refractivity contribution >= 4 is 35.9 Å². The number of ether oxygens (including phenoxy) is 1. The van der Waals surface area contributed by atoms with Crippen LogP contribution in [0.4, 0.5) is 0 Å². The molecule has 0 aliphatic carbocycles. The first-order chi connectivity index (χ1) is 8.72. The maximum absolute atomic E-state index is 11.7. The molecule has 1 unspecified atom stereocenters. The van der Waals surface area contributed by atoms with Crippen LogP contribution in [0.2, 0.25) is 0 Å². The van der Waals surface area contributed by atoms with Crippen molar-refractivity contribution < 1.29 is 9.53 Å². The fraction of sp³-hybridized carbons (Fsp3) is 0.692. The molecule has 1 aliphatic rings. The second-order valence-electron chi connectivity index (χ2n) is 4.14. The number of nitrogens with one attached hydrogen (secondary N) is 1. The number of hydrogen-bond donors (Lipinski definition) is 1. The van der Waals surface area contributed by atoms with E-state index in [0.717, 1.165) is 25.3 Å². The second kappa shape index (κ2) is 9.89. The average Bonchev–Trinajstić information content (AvgIpc) is 2.40. The number of halogens is 1. The van der Waals surface area contributed by atoms with Crippen LogP contribution in [0.5, 0.6) is 0 Å². The number of guanidine groups is 1. The summed E-state index contributed by atoms with van der Waals surface area (Å²) in [5.41, 5.74) is 0. The van der Waals surface area contributed by atoms with Crippen LogP contribution in [0.15, 0.2) is 4.99 Å². The summed E-state index contributed by atoms with van der Waals surface area (Å²) in [6, 6.07) is 0. The van der Waals surface area contributed by atoms with Gasteiger partial charge >= 0.3 is 5.97 Å². The molecule has 1 fully saturated rings. The Morgan fingerprint density at radius 2 is 2.37 bits per heavy atom. The molecular weight excluding hydrogens is 357 g/mol. The lowest BCUT2D eigenvalue weighted by Crippen LogP contribution is -2.48. The van der Waals surface area contributed by atoms with Crippen LogP contribution in [-0.4, -0.2) is 50.1 Å². The number of aliphatic imine (C=N–C) groups is 1. The zero-order chi connectivity index (χ0) is 13.4. The number of likely N-dealkylation sites (tertiary alicyclic amines) is 1. The third-order valence-corrected chi connectivity index (χ3v) is 2.90. The van der Waals surface area contributed by atoms with Gasteiger partial charge in [0.2, 0.25) is 0 Å². The number of carbonyl (C=O) groups excluding carboxylic acids is 1. The zero-order valence-corrected chi connectivity index (χ0v) is 13.8. The maximum Gasteiger partial charge on any atom is 0.310 e. The van der Waals surface area contributed by atoms with Crippen molar-refractivity contribution in [2.45, 2.75) is 19.8 Å². The van der Waals surface area contributed by atoms with Gasteiger partial charge in [0.1, 0.15) is 0 Å². The summed E-state index contributed by atoms with van der Waals surface area (Å²) in [7, 11) is 1.72. The van der Waals surface area contributed by atoms with Crippen molar-refractivity contribution in [3.63, 3.8) is 0 Å². The predicted octanol–water partition coefficient (Wildman–Crippen LogP) is 1.09. The zero-order valence-electron chi connectivity index (χ0n) is 11.5. The van der Waals surface area contributed by atoms with E-state index in [-0.39, 0.29) is 35.9 Å². The number of esters is 1. The van der Waals surface area contributed by atoms with Gasteiger partial charge in [-0.2, -0.15) is 0 Å². The van der Waals surface area contributed by atoms with Gasteiger partial charge in [0.05, 0.1) is 19.1 Å². The Labute approximate surface area is 132 Å².